The molecular formula is C15H18O3S. The molecule has 0 aromatic rings. The Balaban J connectivity index is 2.95. The monoisotopic (exact) mass is 278 g/mol. The first-order valence-corrected chi connectivity index (χ1v) is 7.56. The molecular weight excluding hydrogens is 260 g/mol. The van der Waals surface area contributed by atoms with Crippen LogP contribution in [0.3, 0.4) is 0 Å². The highest BCUT2D eigenvalue weighted by Crippen LogP contribution is 2.42. The van der Waals surface area contributed by atoms with Crippen LogP contribution in [0.2, 0.25) is 0 Å². The van der Waals surface area contributed by atoms with Crippen molar-refractivity contribution in [3.05, 3.63) is 41.5 Å². The van der Waals surface area contributed by atoms with Gasteiger partial charge in [-0.05, 0) is 35.1 Å². The van der Waals surface area contributed by atoms with Crippen LogP contribution in [0.15, 0.2) is 35.2 Å². The Hall–Kier alpha value is -1.39. The number of fused-ring (bicyclic) bond motifs is 1. The van der Waals surface area contributed by atoms with Gasteiger partial charge in [0.2, 0.25) is 0 Å². The van der Waals surface area contributed by atoms with E-state index in [0.29, 0.717) is 5.56 Å². The van der Waals surface area contributed by atoms with Gasteiger partial charge in [-0.2, -0.15) is 8.42 Å². The van der Waals surface area contributed by atoms with Crippen LogP contribution in [0.5, 0.6) is 0 Å². The summed E-state index contributed by atoms with van der Waals surface area (Å²) in [5, 5.41) is 0. The van der Waals surface area contributed by atoms with E-state index in [4.69, 9.17) is 0 Å². The van der Waals surface area contributed by atoms with Crippen molar-refractivity contribution in [2.45, 2.75) is 38.0 Å². The van der Waals surface area contributed by atoms with Crippen molar-refractivity contribution in [1.29, 1.82) is 0 Å². The van der Waals surface area contributed by atoms with Crippen molar-refractivity contribution < 1.29 is 13.0 Å². The second-order valence-corrected chi connectivity index (χ2v) is 7.23. The molecule has 0 fully saturated rings. The Morgan fingerprint density at radius 2 is 1.68 bits per heavy atom. The lowest BCUT2D eigenvalue weighted by atomic mass is 9.85. The van der Waals surface area contributed by atoms with Gasteiger partial charge in [-0.3, -0.25) is 4.55 Å². The molecule has 2 aliphatic carbocycles. The predicted molar refractivity (Wildman–Crippen MR) is 76.3 cm³/mol. The topological polar surface area (TPSA) is 54.4 Å². The molecule has 0 saturated heterocycles. The highest BCUT2D eigenvalue weighted by atomic mass is 32.2. The van der Waals surface area contributed by atoms with Crippen LogP contribution in [0.4, 0.5) is 0 Å². The minimum atomic E-state index is -4.22. The third kappa shape index (κ3) is 2.51. The van der Waals surface area contributed by atoms with E-state index < -0.39 is 10.1 Å². The summed E-state index contributed by atoms with van der Waals surface area (Å²) in [4.78, 5) is 0.00104. The molecule has 2 aliphatic rings. The number of rotatable bonds is 1. The standard InChI is InChI=1S/C15H18O3S/c1-10-7-5-6-8-11-12(15(2,3)4)9-13(14(10)11)19(16,17)18/h5-9H,1-4H3,(H,16,17,18). The second kappa shape index (κ2) is 4.32. The van der Waals surface area contributed by atoms with Gasteiger partial charge >= 0.3 is 0 Å². The highest BCUT2D eigenvalue weighted by Gasteiger charge is 2.29. The lowest BCUT2D eigenvalue weighted by Crippen LogP contribution is -2.10. The van der Waals surface area contributed by atoms with Crippen LogP contribution in [0, 0.1) is 6.92 Å². The van der Waals surface area contributed by atoms with Crippen LogP contribution in [0.1, 0.15) is 31.9 Å². The largest absolute Gasteiger partial charge is 0.295 e. The molecule has 0 bridgehead atoms. The minimum Gasteiger partial charge on any atom is -0.282 e. The molecule has 4 heteroatoms. The number of hydrogen-bond acceptors (Lipinski definition) is 2. The summed E-state index contributed by atoms with van der Waals surface area (Å²) in [5.41, 5.74) is 3.06. The van der Waals surface area contributed by atoms with Gasteiger partial charge in [-0.25, -0.2) is 0 Å². The minimum absolute atomic E-state index is 0.00104. The second-order valence-electron chi connectivity index (χ2n) is 5.84. The van der Waals surface area contributed by atoms with Gasteiger partial charge in [0.1, 0.15) is 4.90 Å². The molecule has 0 saturated carbocycles. The van der Waals surface area contributed by atoms with Crippen molar-refractivity contribution >= 4 is 10.1 Å². The summed E-state index contributed by atoms with van der Waals surface area (Å²) in [7, 11) is -4.22. The van der Waals surface area contributed by atoms with Crippen molar-refractivity contribution in [1.82, 2.24) is 0 Å². The van der Waals surface area contributed by atoms with Crippen molar-refractivity contribution in [3.63, 3.8) is 0 Å². The van der Waals surface area contributed by atoms with Gasteiger partial charge in [0.15, 0.2) is 0 Å². The van der Waals surface area contributed by atoms with Crippen molar-refractivity contribution in [3.8, 4) is 11.1 Å². The molecule has 102 valence electrons. The van der Waals surface area contributed by atoms with E-state index in [2.05, 4.69) is 0 Å². The zero-order chi connectivity index (χ0) is 14.4. The Morgan fingerprint density at radius 1 is 1.11 bits per heavy atom. The Labute approximate surface area is 114 Å². The van der Waals surface area contributed by atoms with E-state index >= 15 is 0 Å². The fourth-order valence-electron chi connectivity index (χ4n) is 2.39. The van der Waals surface area contributed by atoms with E-state index in [1.807, 2.05) is 52.0 Å². The van der Waals surface area contributed by atoms with Gasteiger partial charge in [-0.15, -0.1) is 0 Å². The molecule has 0 amide bonds. The van der Waals surface area contributed by atoms with Gasteiger partial charge in [0.25, 0.3) is 10.1 Å². The highest BCUT2D eigenvalue weighted by molar-refractivity contribution is 7.86. The first kappa shape index (κ1) is 14.0. The predicted octanol–water partition coefficient (Wildman–Crippen LogP) is 3.64. The van der Waals surface area contributed by atoms with Gasteiger partial charge in [0, 0.05) is 5.56 Å². The van der Waals surface area contributed by atoms with Crippen LogP contribution < -0.4 is 0 Å². The lowest BCUT2D eigenvalue weighted by Gasteiger charge is -2.19. The molecule has 0 atom stereocenters. The van der Waals surface area contributed by atoms with E-state index in [-0.39, 0.29) is 10.3 Å². The summed E-state index contributed by atoms with van der Waals surface area (Å²) in [6, 6.07) is 9.10. The summed E-state index contributed by atoms with van der Waals surface area (Å²) in [6.45, 7) is 7.93. The Morgan fingerprint density at radius 3 is 2.21 bits per heavy atom. The third-order valence-electron chi connectivity index (χ3n) is 3.28. The molecule has 2 rings (SSSR count). The zero-order valence-corrected chi connectivity index (χ0v) is 12.4. The maximum Gasteiger partial charge on any atom is 0.295 e. The van der Waals surface area contributed by atoms with Crippen LogP contribution in [-0.4, -0.2) is 13.0 Å². The average molecular weight is 278 g/mol. The van der Waals surface area contributed by atoms with Crippen LogP contribution >= 0.6 is 0 Å². The van der Waals surface area contributed by atoms with E-state index in [1.54, 1.807) is 6.07 Å². The molecule has 0 spiro atoms. The Kier molecular flexibility index (Phi) is 3.19. The van der Waals surface area contributed by atoms with E-state index in [9.17, 15) is 13.0 Å². The van der Waals surface area contributed by atoms with Crippen LogP contribution in [-0.2, 0) is 15.5 Å². The quantitative estimate of drug-likeness (QED) is 0.810. The molecule has 0 aromatic carbocycles. The van der Waals surface area contributed by atoms with Crippen LogP contribution in [0.25, 0.3) is 11.1 Å². The molecule has 19 heavy (non-hydrogen) atoms. The number of hydrogen-bond donors (Lipinski definition) is 1. The van der Waals surface area contributed by atoms with Gasteiger partial charge in [0.05, 0.1) is 0 Å². The fraction of sp³-hybridized carbons (Fsp3) is 0.333. The zero-order valence-electron chi connectivity index (χ0n) is 11.6. The average Bonchev–Trinajstić information content (AvgIpc) is 2.54. The maximum atomic E-state index is 11.6. The normalized spacial score (nSPS) is 12.9. The molecule has 3 nitrogen and oxygen atoms in total. The summed E-state index contributed by atoms with van der Waals surface area (Å²) in [6.07, 6.45) is 0. The first-order valence-electron chi connectivity index (χ1n) is 6.12. The molecule has 0 aromatic heterocycles. The van der Waals surface area contributed by atoms with Gasteiger partial charge < -0.3 is 0 Å². The SMILES string of the molecule is Cc1ccccc2c(C(C)(C)C)cc(S(=O)(=O)O)c1-2. The summed E-state index contributed by atoms with van der Waals surface area (Å²) in [5.74, 6) is 0. The molecule has 0 aliphatic heterocycles. The number of aryl methyl sites for hydroxylation is 1. The molecule has 0 radical (unpaired) electrons. The van der Waals surface area contributed by atoms with Crippen molar-refractivity contribution in [2.24, 2.45) is 0 Å². The lowest BCUT2D eigenvalue weighted by molar-refractivity contribution is 0.483. The first-order chi connectivity index (χ1) is 8.62. The summed E-state index contributed by atoms with van der Waals surface area (Å²) < 4.78 is 32.6. The van der Waals surface area contributed by atoms with E-state index in [0.717, 1.165) is 16.7 Å². The van der Waals surface area contributed by atoms with Gasteiger partial charge in [-0.1, -0.05) is 45.0 Å². The third-order valence-corrected chi connectivity index (χ3v) is 4.16. The van der Waals surface area contributed by atoms with Crippen molar-refractivity contribution in [2.75, 3.05) is 0 Å². The summed E-state index contributed by atoms with van der Waals surface area (Å²) >= 11 is 0. The smallest absolute Gasteiger partial charge is 0.282 e. The molecule has 1 N–H and O–H groups in total. The van der Waals surface area contributed by atoms with E-state index in [1.165, 1.54) is 0 Å². The fourth-order valence-corrected chi connectivity index (χ4v) is 3.18. The Bertz CT molecular complexity index is 694. The molecule has 0 unspecified atom stereocenters. The maximum absolute atomic E-state index is 11.6. The molecule has 0 heterocycles.